The van der Waals surface area contributed by atoms with Gasteiger partial charge < -0.3 is 25.0 Å². The van der Waals surface area contributed by atoms with Crippen molar-refractivity contribution < 1.29 is 37.5 Å². The SMILES string of the molecule is CCC[C@@H]1C[C@]2(C)CCC[C@](Nc3nc(Cl)nc4c3ncn4[C@@H]3O[C@H](COC(=O)CS(=O)(=O)O)C(O)C3O)(C1)C2. The summed E-state index contributed by atoms with van der Waals surface area (Å²) >= 11 is 6.36. The van der Waals surface area contributed by atoms with Crippen LogP contribution in [0, 0.1) is 11.3 Å². The van der Waals surface area contributed by atoms with Crippen molar-refractivity contribution in [1.29, 1.82) is 0 Å². The van der Waals surface area contributed by atoms with Crippen molar-refractivity contribution in [3.8, 4) is 0 Å². The molecule has 3 heterocycles. The molecule has 0 radical (unpaired) electrons. The molecule has 1 aliphatic heterocycles. The van der Waals surface area contributed by atoms with Crippen molar-refractivity contribution >= 4 is 44.7 Å². The number of aromatic nitrogens is 4. The lowest BCUT2D eigenvalue weighted by molar-refractivity contribution is -0.147. The number of esters is 1. The van der Waals surface area contributed by atoms with Crippen LogP contribution in [0.15, 0.2) is 6.33 Å². The Morgan fingerprint density at radius 1 is 1.27 bits per heavy atom. The predicted octanol–water partition coefficient (Wildman–Crippen LogP) is 2.47. The highest BCUT2D eigenvalue weighted by molar-refractivity contribution is 7.86. The second kappa shape index (κ2) is 11.0. The van der Waals surface area contributed by atoms with Crippen LogP contribution in [0.2, 0.25) is 5.28 Å². The monoisotopic (exact) mass is 601 g/mol. The average molecular weight is 602 g/mol. The van der Waals surface area contributed by atoms with Gasteiger partial charge in [0.1, 0.15) is 24.9 Å². The molecule has 2 aromatic heterocycles. The molecular formula is C25H36ClN5O8S. The van der Waals surface area contributed by atoms with Crippen LogP contribution in [0.5, 0.6) is 0 Å². The maximum Gasteiger partial charge on any atom is 0.323 e. The molecule has 2 aliphatic carbocycles. The standard InChI is InChI=1S/C25H36ClN5O8S/c1-3-5-14-8-24(2)6-4-7-25(9-14,12-24)30-20-17-21(29-23(26)28-20)31(13-27-17)22-19(34)18(33)15(39-22)10-38-16(32)11-40(35,36)37/h13-15,18-19,22,33-34H,3-12H2,1-2H3,(H,28,29,30)(H,35,36,37)/t14-,15-,18?,19?,22-,24+,25+/m1/s1. The van der Waals surface area contributed by atoms with Gasteiger partial charge in [-0.2, -0.15) is 18.4 Å². The summed E-state index contributed by atoms with van der Waals surface area (Å²) in [6.45, 7) is 4.05. The molecular weight excluding hydrogens is 566 g/mol. The molecule has 4 N–H and O–H groups in total. The first kappa shape index (κ1) is 29.4. The number of nitrogens with zero attached hydrogens (tertiary/aromatic N) is 4. The lowest BCUT2D eigenvalue weighted by Gasteiger charge is -2.54. The number of ether oxygens (including phenoxy) is 2. The Labute approximate surface area is 237 Å². The van der Waals surface area contributed by atoms with Gasteiger partial charge in [0.15, 0.2) is 29.0 Å². The van der Waals surface area contributed by atoms with Crippen LogP contribution in [-0.2, 0) is 24.4 Å². The molecule has 0 amide bonds. The van der Waals surface area contributed by atoms with Gasteiger partial charge in [0.25, 0.3) is 10.1 Å². The van der Waals surface area contributed by atoms with E-state index in [0.717, 1.165) is 32.1 Å². The number of anilines is 1. The third-order valence-corrected chi connectivity index (χ3v) is 9.23. The minimum absolute atomic E-state index is 0.0173. The number of carbonyl (C=O) groups excluding carboxylic acids is 1. The van der Waals surface area contributed by atoms with E-state index in [4.69, 9.17) is 25.6 Å². The number of fused-ring (bicyclic) bond motifs is 3. The molecule has 2 saturated carbocycles. The van der Waals surface area contributed by atoms with Gasteiger partial charge in [0, 0.05) is 5.54 Å². The zero-order valence-electron chi connectivity index (χ0n) is 22.5. The van der Waals surface area contributed by atoms with Crippen molar-refractivity contribution in [3.63, 3.8) is 0 Å². The lowest BCUT2D eigenvalue weighted by Crippen LogP contribution is -2.52. The number of rotatable bonds is 9. The van der Waals surface area contributed by atoms with Gasteiger partial charge in [-0.15, -0.1) is 0 Å². The highest BCUT2D eigenvalue weighted by atomic mass is 35.5. The summed E-state index contributed by atoms with van der Waals surface area (Å²) in [5.41, 5.74) is 0.850. The van der Waals surface area contributed by atoms with Crippen LogP contribution in [0.25, 0.3) is 11.2 Å². The molecule has 15 heteroatoms. The normalized spacial score (nSPS) is 34.2. The van der Waals surface area contributed by atoms with Crippen LogP contribution in [0.1, 0.15) is 71.4 Å². The van der Waals surface area contributed by atoms with E-state index in [2.05, 4.69) is 34.1 Å². The van der Waals surface area contributed by atoms with Crippen molar-refractivity contribution in [3.05, 3.63) is 11.6 Å². The zero-order chi connectivity index (χ0) is 28.9. The van der Waals surface area contributed by atoms with Gasteiger partial charge in [-0.1, -0.05) is 33.1 Å². The van der Waals surface area contributed by atoms with Gasteiger partial charge in [0.2, 0.25) is 5.28 Å². The summed E-state index contributed by atoms with van der Waals surface area (Å²) in [7, 11) is -4.57. The highest BCUT2D eigenvalue weighted by Crippen LogP contribution is 2.55. The Hall–Kier alpha value is -2.10. The number of hydrogen-bond acceptors (Lipinski definition) is 11. The van der Waals surface area contributed by atoms with Gasteiger partial charge in [-0.25, -0.2) is 4.98 Å². The second-order valence-corrected chi connectivity index (χ2v) is 13.7. The molecule has 0 spiro atoms. The number of aliphatic hydroxyl groups is 2. The fourth-order valence-corrected chi connectivity index (χ4v) is 7.71. The van der Waals surface area contributed by atoms with E-state index in [9.17, 15) is 23.4 Å². The fraction of sp³-hybridized carbons (Fsp3) is 0.760. The predicted molar refractivity (Wildman–Crippen MR) is 144 cm³/mol. The number of imidazole rings is 1. The summed E-state index contributed by atoms with van der Waals surface area (Å²) < 4.78 is 42.6. The van der Waals surface area contributed by atoms with E-state index in [-0.39, 0.29) is 16.2 Å². The van der Waals surface area contributed by atoms with E-state index in [1.807, 2.05) is 0 Å². The van der Waals surface area contributed by atoms with Crippen LogP contribution in [0.3, 0.4) is 0 Å². The molecule has 40 heavy (non-hydrogen) atoms. The maximum absolute atomic E-state index is 11.7. The first-order valence-corrected chi connectivity index (χ1v) is 15.6. The van der Waals surface area contributed by atoms with Crippen LogP contribution in [0.4, 0.5) is 5.82 Å². The largest absolute Gasteiger partial charge is 0.462 e. The Morgan fingerprint density at radius 2 is 2.05 bits per heavy atom. The number of hydrogen-bond donors (Lipinski definition) is 4. The number of nitrogens with one attached hydrogen (secondary N) is 1. The van der Waals surface area contributed by atoms with Crippen molar-refractivity contribution in [2.24, 2.45) is 11.3 Å². The van der Waals surface area contributed by atoms with Crippen LogP contribution < -0.4 is 5.32 Å². The molecule has 222 valence electrons. The van der Waals surface area contributed by atoms with E-state index >= 15 is 0 Å². The van der Waals surface area contributed by atoms with Crippen molar-refractivity contribution in [2.75, 3.05) is 17.7 Å². The topological polar surface area (TPSA) is 186 Å². The minimum atomic E-state index is -4.57. The fourth-order valence-electron chi connectivity index (χ4n) is 7.16. The lowest BCUT2D eigenvalue weighted by atomic mass is 9.56. The molecule has 3 aliphatic rings. The quantitative estimate of drug-likeness (QED) is 0.187. The highest BCUT2D eigenvalue weighted by Gasteiger charge is 2.49. The minimum Gasteiger partial charge on any atom is -0.462 e. The Morgan fingerprint density at radius 3 is 2.77 bits per heavy atom. The van der Waals surface area contributed by atoms with Crippen LogP contribution in [-0.4, -0.2) is 84.9 Å². The zero-order valence-corrected chi connectivity index (χ0v) is 24.1. The summed E-state index contributed by atoms with van der Waals surface area (Å²) in [6.07, 6.45) is 5.13. The smallest absolute Gasteiger partial charge is 0.323 e. The van der Waals surface area contributed by atoms with Gasteiger partial charge in [0.05, 0.1) is 6.33 Å². The molecule has 13 nitrogen and oxygen atoms in total. The van der Waals surface area contributed by atoms with Gasteiger partial charge >= 0.3 is 5.97 Å². The second-order valence-electron chi connectivity index (χ2n) is 11.9. The molecule has 1 saturated heterocycles. The Kier molecular flexibility index (Phi) is 8.05. The summed E-state index contributed by atoms with van der Waals surface area (Å²) in [6, 6.07) is 0. The van der Waals surface area contributed by atoms with Gasteiger partial charge in [-0.3, -0.25) is 13.9 Å². The third kappa shape index (κ3) is 6.07. The van der Waals surface area contributed by atoms with Crippen molar-refractivity contribution in [1.82, 2.24) is 19.5 Å². The number of carbonyl (C=O) groups is 1. The summed E-state index contributed by atoms with van der Waals surface area (Å²) in [5.74, 6) is -1.34. The average Bonchev–Trinajstić information content (AvgIpc) is 3.36. The number of aliphatic hydroxyl groups excluding tert-OH is 2. The van der Waals surface area contributed by atoms with E-state index in [1.165, 1.54) is 30.2 Å². The molecule has 3 fully saturated rings. The molecule has 5 rings (SSSR count). The Bertz CT molecular complexity index is 1370. The summed E-state index contributed by atoms with van der Waals surface area (Å²) in [5, 5.41) is 25.0. The van der Waals surface area contributed by atoms with E-state index in [0.29, 0.717) is 22.9 Å². The first-order chi connectivity index (χ1) is 18.8. The van der Waals surface area contributed by atoms with Gasteiger partial charge in [-0.05, 0) is 55.0 Å². The van der Waals surface area contributed by atoms with Crippen LogP contribution >= 0.6 is 11.6 Å². The molecule has 7 atom stereocenters. The van der Waals surface area contributed by atoms with E-state index < -0.39 is 53.0 Å². The maximum atomic E-state index is 11.7. The molecule has 0 aromatic carbocycles. The van der Waals surface area contributed by atoms with E-state index in [1.54, 1.807) is 0 Å². The molecule has 2 aromatic rings. The Balaban J connectivity index is 1.38. The van der Waals surface area contributed by atoms with Crippen molar-refractivity contribution in [2.45, 2.75) is 95.3 Å². The molecule has 2 unspecified atom stereocenters. The number of halogens is 1. The summed E-state index contributed by atoms with van der Waals surface area (Å²) in [4.78, 5) is 25.0. The molecule has 2 bridgehead atoms. The first-order valence-electron chi connectivity index (χ1n) is 13.6. The third-order valence-electron chi connectivity index (χ3n) is 8.46.